The van der Waals surface area contributed by atoms with Gasteiger partial charge in [0.1, 0.15) is 5.82 Å². The Morgan fingerprint density at radius 1 is 1.20 bits per heavy atom. The summed E-state index contributed by atoms with van der Waals surface area (Å²) in [7, 11) is 1.85. The van der Waals surface area contributed by atoms with Gasteiger partial charge in [-0.1, -0.05) is 17.7 Å². The van der Waals surface area contributed by atoms with Gasteiger partial charge in [0.15, 0.2) is 11.5 Å². The first-order chi connectivity index (χ1) is 9.67. The highest BCUT2D eigenvalue weighted by Gasteiger charge is 2.08. The number of hydrogen-bond donors (Lipinski definition) is 2. The minimum atomic E-state index is 0.744. The molecule has 2 heterocycles. The van der Waals surface area contributed by atoms with Gasteiger partial charge in [0.2, 0.25) is 0 Å². The molecule has 0 aliphatic rings. The second kappa shape index (κ2) is 4.85. The first kappa shape index (κ1) is 12.5. The van der Waals surface area contributed by atoms with Crippen LogP contribution in [0.1, 0.15) is 11.1 Å². The second-order valence-corrected chi connectivity index (χ2v) is 4.83. The zero-order valence-corrected chi connectivity index (χ0v) is 11.8. The van der Waals surface area contributed by atoms with Gasteiger partial charge in [-0.3, -0.25) is 0 Å². The van der Waals surface area contributed by atoms with Gasteiger partial charge in [-0.25, -0.2) is 9.97 Å². The Morgan fingerprint density at radius 2 is 2.05 bits per heavy atom. The Morgan fingerprint density at radius 3 is 2.80 bits per heavy atom. The third-order valence-corrected chi connectivity index (χ3v) is 3.27. The average molecular weight is 267 g/mol. The van der Waals surface area contributed by atoms with Crippen molar-refractivity contribution in [2.45, 2.75) is 13.8 Å². The van der Waals surface area contributed by atoms with E-state index in [2.05, 4.69) is 52.6 Å². The molecule has 0 fully saturated rings. The van der Waals surface area contributed by atoms with Gasteiger partial charge in [0.05, 0.1) is 6.20 Å². The van der Waals surface area contributed by atoms with E-state index in [1.807, 2.05) is 23.8 Å². The lowest BCUT2D eigenvalue weighted by molar-refractivity contribution is 1.12. The lowest BCUT2D eigenvalue weighted by atomic mass is 10.1. The van der Waals surface area contributed by atoms with Crippen molar-refractivity contribution in [2.75, 3.05) is 17.7 Å². The molecule has 2 N–H and O–H groups in total. The normalized spacial score (nSPS) is 10.8. The van der Waals surface area contributed by atoms with E-state index in [1.54, 1.807) is 6.20 Å². The molecule has 3 aromatic rings. The number of aryl methyl sites for hydroxylation is 2. The SMILES string of the molecule is CNc1cn2ccnc2c(Nc2ccc(C)cc2C)n1. The largest absolute Gasteiger partial charge is 0.372 e. The van der Waals surface area contributed by atoms with Gasteiger partial charge in [-0.05, 0) is 25.5 Å². The van der Waals surface area contributed by atoms with Crippen molar-refractivity contribution in [1.82, 2.24) is 14.4 Å². The first-order valence-electron chi connectivity index (χ1n) is 6.53. The maximum Gasteiger partial charge on any atom is 0.180 e. The highest BCUT2D eigenvalue weighted by molar-refractivity contribution is 5.73. The molecule has 0 aliphatic heterocycles. The molecule has 3 rings (SSSR count). The predicted octanol–water partition coefficient (Wildman–Crippen LogP) is 3.13. The quantitative estimate of drug-likeness (QED) is 0.765. The van der Waals surface area contributed by atoms with Crippen molar-refractivity contribution in [2.24, 2.45) is 0 Å². The number of nitrogens with one attached hydrogen (secondary N) is 2. The number of anilines is 3. The van der Waals surface area contributed by atoms with Gasteiger partial charge in [0, 0.05) is 25.1 Å². The number of hydrogen-bond acceptors (Lipinski definition) is 4. The Bertz CT molecular complexity index is 760. The molecule has 0 spiro atoms. The summed E-state index contributed by atoms with van der Waals surface area (Å²) in [5, 5.41) is 6.43. The zero-order chi connectivity index (χ0) is 14.1. The molecular weight excluding hydrogens is 250 g/mol. The van der Waals surface area contributed by atoms with Crippen molar-refractivity contribution >= 4 is 23.0 Å². The van der Waals surface area contributed by atoms with Crippen LogP contribution in [0.4, 0.5) is 17.3 Å². The van der Waals surface area contributed by atoms with Crippen molar-refractivity contribution in [1.29, 1.82) is 0 Å². The average Bonchev–Trinajstić information content (AvgIpc) is 2.90. The minimum Gasteiger partial charge on any atom is -0.372 e. The van der Waals surface area contributed by atoms with Gasteiger partial charge in [-0.15, -0.1) is 0 Å². The third kappa shape index (κ3) is 2.18. The summed E-state index contributed by atoms with van der Waals surface area (Å²) in [6, 6.07) is 6.30. The monoisotopic (exact) mass is 267 g/mol. The van der Waals surface area contributed by atoms with E-state index >= 15 is 0 Å². The molecule has 0 saturated carbocycles. The van der Waals surface area contributed by atoms with Crippen LogP contribution in [0.15, 0.2) is 36.8 Å². The van der Waals surface area contributed by atoms with Gasteiger partial charge >= 0.3 is 0 Å². The molecule has 0 radical (unpaired) electrons. The number of nitrogens with zero attached hydrogens (tertiary/aromatic N) is 3. The Balaban J connectivity index is 2.07. The fourth-order valence-corrected chi connectivity index (χ4v) is 2.22. The van der Waals surface area contributed by atoms with Crippen molar-refractivity contribution in [3.8, 4) is 0 Å². The van der Waals surface area contributed by atoms with E-state index in [-0.39, 0.29) is 0 Å². The molecule has 1 aromatic carbocycles. The number of rotatable bonds is 3. The second-order valence-electron chi connectivity index (χ2n) is 4.83. The molecule has 20 heavy (non-hydrogen) atoms. The maximum absolute atomic E-state index is 4.54. The molecule has 2 aromatic heterocycles. The van der Waals surface area contributed by atoms with Crippen molar-refractivity contribution in [3.63, 3.8) is 0 Å². The third-order valence-electron chi connectivity index (χ3n) is 3.27. The summed E-state index contributed by atoms with van der Waals surface area (Å²) in [5.74, 6) is 1.54. The van der Waals surface area contributed by atoms with Crippen LogP contribution in [0.3, 0.4) is 0 Å². The van der Waals surface area contributed by atoms with Gasteiger partial charge in [-0.2, -0.15) is 0 Å². The van der Waals surface area contributed by atoms with Gasteiger partial charge in [0.25, 0.3) is 0 Å². The van der Waals surface area contributed by atoms with Gasteiger partial charge < -0.3 is 15.0 Å². The summed E-state index contributed by atoms with van der Waals surface area (Å²) < 4.78 is 1.95. The molecule has 102 valence electrons. The van der Waals surface area contributed by atoms with Crippen LogP contribution in [-0.2, 0) is 0 Å². The molecule has 0 aliphatic carbocycles. The van der Waals surface area contributed by atoms with E-state index in [9.17, 15) is 0 Å². The lowest BCUT2D eigenvalue weighted by Gasteiger charge is -2.12. The zero-order valence-electron chi connectivity index (χ0n) is 11.8. The lowest BCUT2D eigenvalue weighted by Crippen LogP contribution is -2.03. The summed E-state index contributed by atoms with van der Waals surface area (Å²) in [5.41, 5.74) is 4.28. The molecule has 0 unspecified atom stereocenters. The minimum absolute atomic E-state index is 0.744. The molecule has 5 nitrogen and oxygen atoms in total. The first-order valence-corrected chi connectivity index (χ1v) is 6.53. The number of aromatic nitrogens is 3. The molecule has 0 atom stereocenters. The number of imidazole rings is 1. The van der Waals surface area contributed by atoms with E-state index < -0.39 is 0 Å². The van der Waals surface area contributed by atoms with Crippen LogP contribution < -0.4 is 10.6 Å². The van der Waals surface area contributed by atoms with Crippen molar-refractivity contribution < 1.29 is 0 Å². The van der Waals surface area contributed by atoms with E-state index in [4.69, 9.17) is 0 Å². The van der Waals surface area contributed by atoms with Crippen LogP contribution in [0.25, 0.3) is 5.65 Å². The standard InChI is InChI=1S/C15H17N5/c1-10-4-5-12(11(2)8-10)18-14-15-17-6-7-20(15)9-13(16-3)19-14/h4-9,16H,1-3H3,(H,18,19). The van der Waals surface area contributed by atoms with Crippen LogP contribution >= 0.6 is 0 Å². The molecule has 0 bridgehead atoms. The predicted molar refractivity (Wildman–Crippen MR) is 81.7 cm³/mol. The summed E-state index contributed by atoms with van der Waals surface area (Å²) in [6.45, 7) is 4.17. The molecule has 0 amide bonds. The summed E-state index contributed by atoms with van der Waals surface area (Å²) in [6.07, 6.45) is 5.59. The number of fused-ring (bicyclic) bond motifs is 1. The summed E-state index contributed by atoms with van der Waals surface area (Å²) >= 11 is 0. The van der Waals surface area contributed by atoms with E-state index in [0.717, 1.165) is 23.0 Å². The fraction of sp³-hybridized carbons (Fsp3) is 0.200. The van der Waals surface area contributed by atoms with Crippen LogP contribution in [0.2, 0.25) is 0 Å². The maximum atomic E-state index is 4.54. The Hall–Kier alpha value is -2.56. The van der Waals surface area contributed by atoms with Crippen LogP contribution in [0, 0.1) is 13.8 Å². The Labute approximate surface area is 117 Å². The molecule has 0 saturated heterocycles. The topological polar surface area (TPSA) is 54.2 Å². The summed E-state index contributed by atoms with van der Waals surface area (Å²) in [4.78, 5) is 8.89. The Kier molecular flexibility index (Phi) is 3.02. The van der Waals surface area contributed by atoms with Crippen molar-refractivity contribution in [3.05, 3.63) is 47.9 Å². The highest BCUT2D eigenvalue weighted by Crippen LogP contribution is 2.24. The molecular formula is C15H17N5. The molecule has 5 heteroatoms. The van der Waals surface area contributed by atoms with Crippen LogP contribution in [-0.4, -0.2) is 21.4 Å². The smallest absolute Gasteiger partial charge is 0.180 e. The highest BCUT2D eigenvalue weighted by atomic mass is 15.1. The fourth-order valence-electron chi connectivity index (χ4n) is 2.22. The van der Waals surface area contributed by atoms with E-state index in [1.165, 1.54) is 11.1 Å². The van der Waals surface area contributed by atoms with E-state index in [0.29, 0.717) is 0 Å². The number of benzene rings is 1. The van der Waals surface area contributed by atoms with Crippen LogP contribution in [0.5, 0.6) is 0 Å².